The molecule has 3 N–H and O–H groups in total. The summed E-state index contributed by atoms with van der Waals surface area (Å²) in [6, 6.07) is 7.19. The maximum atomic E-state index is 12.2. The standard InChI is InChI=1S/C15H17BrClNO5S.C14H15BrClNO3/c1-3-22-15(19)14-9(5-4-8-23-24(2,20)21)10-6-7-11(17)12(16)13(10)18-14;1-2-20-14(19)13-8(4-3-7-18)9-5-6-10(16)11(15)12(9)17-13/h6-7,18H,3-5,8H2,1-2H3;5-6,17-18H,2-4,7H2,1H3. The quantitative estimate of drug-likeness (QED) is 0.0766. The zero-order valence-electron chi connectivity index (χ0n) is 24.2. The Kier molecular flexibility index (Phi) is 13.6. The third-order valence-electron chi connectivity index (χ3n) is 6.36. The Morgan fingerprint density at radius 3 is 1.64 bits per heavy atom. The molecule has 0 saturated heterocycles. The van der Waals surface area contributed by atoms with Crippen molar-refractivity contribution in [3.05, 3.63) is 65.8 Å². The molecule has 2 aromatic heterocycles. The van der Waals surface area contributed by atoms with Gasteiger partial charge in [-0.15, -0.1) is 0 Å². The highest BCUT2D eigenvalue weighted by molar-refractivity contribution is 9.11. The molecule has 10 nitrogen and oxygen atoms in total. The van der Waals surface area contributed by atoms with Gasteiger partial charge in [-0.3, -0.25) is 4.18 Å². The maximum absolute atomic E-state index is 12.2. The fourth-order valence-corrected chi connectivity index (χ4v) is 6.13. The maximum Gasteiger partial charge on any atom is 0.355 e. The van der Waals surface area contributed by atoms with Crippen LogP contribution in [0.25, 0.3) is 21.8 Å². The largest absolute Gasteiger partial charge is 0.461 e. The van der Waals surface area contributed by atoms with Crippen LogP contribution in [0, 0.1) is 0 Å². The summed E-state index contributed by atoms with van der Waals surface area (Å²) in [4.78, 5) is 30.4. The molecule has 0 radical (unpaired) electrons. The van der Waals surface area contributed by atoms with Crippen LogP contribution in [-0.4, -0.2) is 68.1 Å². The van der Waals surface area contributed by atoms with Gasteiger partial charge >= 0.3 is 11.9 Å². The summed E-state index contributed by atoms with van der Waals surface area (Å²) in [6.07, 6.45) is 3.07. The molecule has 44 heavy (non-hydrogen) atoms. The molecular weight excluding hydrogens is 767 g/mol. The van der Waals surface area contributed by atoms with Crippen molar-refractivity contribution >= 4 is 98.9 Å². The molecule has 15 heteroatoms. The van der Waals surface area contributed by atoms with Gasteiger partial charge in [-0.1, -0.05) is 35.3 Å². The number of halogens is 4. The van der Waals surface area contributed by atoms with Crippen LogP contribution < -0.4 is 0 Å². The summed E-state index contributed by atoms with van der Waals surface area (Å²) in [5.41, 5.74) is 3.84. The van der Waals surface area contributed by atoms with Crippen molar-refractivity contribution in [3.63, 3.8) is 0 Å². The predicted octanol–water partition coefficient (Wildman–Crippen LogP) is 7.35. The molecule has 0 bridgehead atoms. The molecule has 0 amide bonds. The van der Waals surface area contributed by atoms with Crippen LogP contribution in [0.3, 0.4) is 0 Å². The summed E-state index contributed by atoms with van der Waals surface area (Å²) in [5.74, 6) is -0.851. The highest BCUT2D eigenvalue weighted by Gasteiger charge is 2.22. The molecule has 2 aromatic carbocycles. The van der Waals surface area contributed by atoms with Gasteiger partial charge in [-0.05, 0) is 94.7 Å². The van der Waals surface area contributed by atoms with Crippen LogP contribution in [-0.2, 0) is 36.6 Å². The van der Waals surface area contributed by atoms with Crippen LogP contribution in [0.2, 0.25) is 10.0 Å². The van der Waals surface area contributed by atoms with Crippen LogP contribution in [0.5, 0.6) is 0 Å². The van der Waals surface area contributed by atoms with E-state index in [0.717, 1.165) is 38.1 Å². The van der Waals surface area contributed by atoms with Crippen LogP contribution in [0.4, 0.5) is 0 Å². The van der Waals surface area contributed by atoms with Crippen molar-refractivity contribution in [3.8, 4) is 0 Å². The number of fused-ring (bicyclic) bond motifs is 2. The van der Waals surface area contributed by atoms with Crippen molar-refractivity contribution in [2.24, 2.45) is 0 Å². The number of aryl methyl sites for hydroxylation is 2. The topological polar surface area (TPSA) is 148 Å². The second-order valence-electron chi connectivity index (χ2n) is 9.42. The Labute approximate surface area is 282 Å². The summed E-state index contributed by atoms with van der Waals surface area (Å²) in [5, 5.41) is 11.8. The lowest BCUT2D eigenvalue weighted by Gasteiger charge is -2.05. The number of hydrogen-bond acceptors (Lipinski definition) is 8. The van der Waals surface area contributed by atoms with E-state index in [4.69, 9.17) is 42.0 Å². The first-order valence-electron chi connectivity index (χ1n) is 13.6. The first-order valence-corrected chi connectivity index (χ1v) is 17.8. The molecule has 0 saturated carbocycles. The van der Waals surface area contributed by atoms with Crippen LogP contribution >= 0.6 is 55.1 Å². The van der Waals surface area contributed by atoms with Crippen molar-refractivity contribution in [2.45, 2.75) is 39.5 Å². The zero-order chi connectivity index (χ0) is 32.6. The normalized spacial score (nSPS) is 11.5. The highest BCUT2D eigenvalue weighted by Crippen LogP contribution is 2.36. The number of carbonyl (C=O) groups is 2. The van der Waals surface area contributed by atoms with Gasteiger partial charge < -0.3 is 24.5 Å². The Morgan fingerprint density at radius 2 is 1.25 bits per heavy atom. The van der Waals surface area contributed by atoms with Gasteiger partial charge in [0.25, 0.3) is 10.1 Å². The first-order chi connectivity index (χ1) is 20.8. The number of esters is 2. The summed E-state index contributed by atoms with van der Waals surface area (Å²) in [6.45, 7) is 4.18. The Bertz CT molecular complexity index is 1760. The second-order valence-corrected chi connectivity index (χ2v) is 13.5. The van der Waals surface area contributed by atoms with Crippen molar-refractivity contribution in [1.29, 1.82) is 0 Å². The van der Waals surface area contributed by atoms with Gasteiger partial charge in [0, 0.05) is 17.4 Å². The predicted molar refractivity (Wildman–Crippen MR) is 178 cm³/mol. The number of aromatic nitrogens is 2. The second kappa shape index (κ2) is 16.4. The molecule has 240 valence electrons. The van der Waals surface area contributed by atoms with Gasteiger partial charge in [0.05, 0.1) is 56.1 Å². The van der Waals surface area contributed by atoms with Gasteiger partial charge in [-0.2, -0.15) is 8.42 Å². The lowest BCUT2D eigenvalue weighted by molar-refractivity contribution is 0.0509. The molecule has 4 aromatic rings. The molecule has 2 heterocycles. The number of H-pyrrole nitrogens is 2. The monoisotopic (exact) mass is 796 g/mol. The Morgan fingerprint density at radius 1 is 0.818 bits per heavy atom. The minimum Gasteiger partial charge on any atom is -0.461 e. The van der Waals surface area contributed by atoms with Gasteiger partial charge in [-0.25, -0.2) is 9.59 Å². The molecular formula is C29H32Br2Cl2N2O8S. The molecule has 0 aliphatic carbocycles. The van der Waals surface area contributed by atoms with E-state index in [0.29, 0.717) is 63.7 Å². The summed E-state index contributed by atoms with van der Waals surface area (Å²) < 4.78 is 38.3. The fraction of sp³-hybridized carbons (Fsp3) is 0.379. The lowest BCUT2D eigenvalue weighted by atomic mass is 10.1. The van der Waals surface area contributed by atoms with Gasteiger partial charge in [0.1, 0.15) is 11.4 Å². The summed E-state index contributed by atoms with van der Waals surface area (Å²) in [7, 11) is -3.48. The molecule has 0 aliphatic rings. The van der Waals surface area contributed by atoms with E-state index >= 15 is 0 Å². The number of rotatable bonds is 12. The molecule has 4 rings (SSSR count). The third kappa shape index (κ3) is 8.99. The number of hydrogen-bond donors (Lipinski definition) is 3. The van der Waals surface area contributed by atoms with E-state index in [1.807, 2.05) is 12.1 Å². The third-order valence-corrected chi connectivity index (χ3v) is 9.68. The minimum absolute atomic E-state index is 0.0442. The molecule has 0 atom stereocenters. The molecule has 0 fully saturated rings. The number of aromatic amines is 2. The Hall–Kier alpha value is -2.13. The number of carbonyl (C=O) groups excluding carboxylic acids is 2. The average Bonchev–Trinajstić information content (AvgIpc) is 3.53. The highest BCUT2D eigenvalue weighted by atomic mass is 79.9. The lowest BCUT2D eigenvalue weighted by Crippen LogP contribution is -2.09. The number of nitrogens with one attached hydrogen (secondary N) is 2. The molecule has 0 aliphatic heterocycles. The van der Waals surface area contributed by atoms with E-state index in [2.05, 4.69) is 41.8 Å². The number of aliphatic hydroxyl groups excluding tert-OH is 1. The van der Waals surface area contributed by atoms with Gasteiger partial charge in [0.15, 0.2) is 0 Å². The number of aliphatic hydroxyl groups is 1. The number of benzene rings is 2. The van der Waals surface area contributed by atoms with Crippen LogP contribution in [0.15, 0.2) is 33.2 Å². The van der Waals surface area contributed by atoms with E-state index in [1.165, 1.54) is 0 Å². The minimum atomic E-state index is -3.48. The smallest absolute Gasteiger partial charge is 0.355 e. The number of ether oxygens (including phenoxy) is 2. The zero-order valence-corrected chi connectivity index (χ0v) is 29.7. The van der Waals surface area contributed by atoms with E-state index in [-0.39, 0.29) is 25.8 Å². The van der Waals surface area contributed by atoms with Crippen LogP contribution in [0.1, 0.15) is 58.8 Å². The SMILES string of the molecule is CCOC(=O)c1[nH]c2c(Br)c(Cl)ccc2c1CCCO.CCOC(=O)c1[nH]c2c(Br)c(Cl)ccc2c1CCCOS(C)(=O)=O. The summed E-state index contributed by atoms with van der Waals surface area (Å²) >= 11 is 19.0. The van der Waals surface area contributed by atoms with E-state index < -0.39 is 16.1 Å². The first kappa shape index (κ1) is 36.3. The van der Waals surface area contributed by atoms with Crippen molar-refractivity contribution in [2.75, 3.05) is 32.7 Å². The Balaban J connectivity index is 0.000000244. The van der Waals surface area contributed by atoms with E-state index in [1.54, 1.807) is 26.0 Å². The fourth-order valence-electron chi connectivity index (χ4n) is 4.51. The van der Waals surface area contributed by atoms with Gasteiger partial charge in [0.2, 0.25) is 0 Å². The van der Waals surface area contributed by atoms with E-state index in [9.17, 15) is 18.0 Å². The average molecular weight is 799 g/mol. The molecule has 0 spiro atoms. The van der Waals surface area contributed by atoms with Crippen molar-refractivity contribution in [1.82, 2.24) is 9.97 Å². The van der Waals surface area contributed by atoms with Crippen molar-refractivity contribution < 1.29 is 36.8 Å². The molecule has 0 unspecified atom stereocenters.